The van der Waals surface area contributed by atoms with Crippen LogP contribution in [0.2, 0.25) is 0 Å². The highest BCUT2D eigenvalue weighted by molar-refractivity contribution is 7.09. The monoisotopic (exact) mass is 221 g/mol. The van der Waals surface area contributed by atoms with Crippen molar-refractivity contribution in [3.8, 4) is 0 Å². The third kappa shape index (κ3) is 2.67. The first-order valence-electron chi connectivity index (χ1n) is 4.98. The van der Waals surface area contributed by atoms with Crippen molar-refractivity contribution in [1.29, 1.82) is 0 Å². The second-order valence-corrected chi connectivity index (χ2v) is 4.63. The Morgan fingerprint density at radius 3 is 2.93 bits per heavy atom. The average molecular weight is 221 g/mol. The van der Waals surface area contributed by atoms with E-state index in [1.54, 1.807) is 11.3 Å². The van der Waals surface area contributed by atoms with Gasteiger partial charge in [-0.15, -0.1) is 11.3 Å². The first-order valence-corrected chi connectivity index (χ1v) is 5.86. The van der Waals surface area contributed by atoms with E-state index in [1.807, 2.05) is 18.7 Å². The van der Waals surface area contributed by atoms with Crippen LogP contribution in [0.5, 0.6) is 0 Å². The summed E-state index contributed by atoms with van der Waals surface area (Å²) in [5.74, 6) is 0. The number of aromatic nitrogens is 2. The van der Waals surface area contributed by atoms with Crippen LogP contribution in [0.15, 0.2) is 23.7 Å². The summed E-state index contributed by atoms with van der Waals surface area (Å²) in [7, 11) is 1.95. The molecule has 0 radical (unpaired) electrons. The average Bonchev–Trinajstić information content (AvgIpc) is 2.77. The molecule has 0 amide bonds. The van der Waals surface area contributed by atoms with Crippen molar-refractivity contribution >= 4 is 11.3 Å². The molecule has 0 aromatic carbocycles. The van der Waals surface area contributed by atoms with E-state index in [0.29, 0.717) is 0 Å². The van der Waals surface area contributed by atoms with E-state index in [-0.39, 0.29) is 0 Å². The van der Waals surface area contributed by atoms with Crippen molar-refractivity contribution in [1.82, 2.24) is 15.1 Å². The highest BCUT2D eigenvalue weighted by atomic mass is 32.1. The zero-order valence-corrected chi connectivity index (χ0v) is 9.84. The number of aryl methyl sites for hydroxylation is 2. The molecule has 0 aliphatic rings. The maximum atomic E-state index is 4.31. The lowest BCUT2D eigenvalue weighted by Gasteiger charge is -2.01. The molecular weight excluding hydrogens is 206 g/mol. The number of hydrogen-bond donors (Lipinski definition) is 1. The lowest BCUT2D eigenvalue weighted by atomic mass is 10.2. The number of rotatable bonds is 4. The minimum atomic E-state index is 0.886. The largest absolute Gasteiger partial charge is 0.308 e. The van der Waals surface area contributed by atoms with Gasteiger partial charge in [-0.2, -0.15) is 5.10 Å². The van der Waals surface area contributed by atoms with Crippen LogP contribution in [0.3, 0.4) is 0 Å². The smallest absolute Gasteiger partial charge is 0.0638 e. The lowest BCUT2D eigenvalue weighted by molar-refractivity contribution is 0.697. The van der Waals surface area contributed by atoms with Crippen LogP contribution in [-0.2, 0) is 20.1 Å². The van der Waals surface area contributed by atoms with E-state index >= 15 is 0 Å². The number of thiophene rings is 1. The summed E-state index contributed by atoms with van der Waals surface area (Å²) in [6, 6.07) is 4.23. The summed E-state index contributed by atoms with van der Waals surface area (Å²) in [5.41, 5.74) is 2.38. The first kappa shape index (κ1) is 10.4. The molecule has 2 heterocycles. The molecular formula is C11H15N3S. The molecule has 15 heavy (non-hydrogen) atoms. The van der Waals surface area contributed by atoms with E-state index in [0.717, 1.165) is 18.8 Å². The standard InChI is InChI=1S/C11H15N3S/c1-9-10(8-14(2)13-9)6-12-7-11-4-3-5-15-11/h3-5,8,12H,6-7H2,1-2H3. The highest BCUT2D eigenvalue weighted by Crippen LogP contribution is 2.09. The van der Waals surface area contributed by atoms with Crippen LogP contribution in [0.25, 0.3) is 0 Å². The van der Waals surface area contributed by atoms with Gasteiger partial charge in [-0.05, 0) is 18.4 Å². The SMILES string of the molecule is Cc1nn(C)cc1CNCc1cccs1. The predicted octanol–water partition coefficient (Wildman–Crippen LogP) is 2.08. The number of hydrogen-bond acceptors (Lipinski definition) is 3. The molecule has 2 rings (SSSR count). The third-order valence-corrected chi connectivity index (χ3v) is 3.19. The van der Waals surface area contributed by atoms with Crippen molar-refractivity contribution in [2.24, 2.45) is 7.05 Å². The van der Waals surface area contributed by atoms with Crippen molar-refractivity contribution in [3.63, 3.8) is 0 Å². The second kappa shape index (κ2) is 4.59. The fourth-order valence-corrected chi connectivity index (χ4v) is 2.23. The zero-order valence-electron chi connectivity index (χ0n) is 9.03. The maximum absolute atomic E-state index is 4.31. The summed E-state index contributed by atoms with van der Waals surface area (Å²) in [4.78, 5) is 1.37. The Morgan fingerprint density at radius 2 is 2.33 bits per heavy atom. The van der Waals surface area contributed by atoms with Gasteiger partial charge in [0.25, 0.3) is 0 Å². The van der Waals surface area contributed by atoms with Crippen LogP contribution in [0.1, 0.15) is 16.1 Å². The molecule has 4 heteroatoms. The molecule has 80 valence electrons. The third-order valence-electron chi connectivity index (χ3n) is 2.31. The van der Waals surface area contributed by atoms with Crippen LogP contribution >= 0.6 is 11.3 Å². The van der Waals surface area contributed by atoms with Gasteiger partial charge in [0.05, 0.1) is 5.69 Å². The fourth-order valence-electron chi connectivity index (χ4n) is 1.56. The quantitative estimate of drug-likeness (QED) is 0.856. The summed E-state index contributed by atoms with van der Waals surface area (Å²) in [5, 5.41) is 9.82. The Bertz CT molecular complexity index is 417. The van der Waals surface area contributed by atoms with Gasteiger partial charge >= 0.3 is 0 Å². The van der Waals surface area contributed by atoms with Crippen molar-refractivity contribution < 1.29 is 0 Å². The van der Waals surface area contributed by atoms with E-state index in [1.165, 1.54) is 10.4 Å². The molecule has 0 fully saturated rings. The minimum Gasteiger partial charge on any atom is -0.308 e. The van der Waals surface area contributed by atoms with E-state index in [4.69, 9.17) is 0 Å². The Kier molecular flexibility index (Phi) is 3.18. The van der Waals surface area contributed by atoms with Gasteiger partial charge in [-0.25, -0.2) is 0 Å². The van der Waals surface area contributed by atoms with E-state index in [9.17, 15) is 0 Å². The molecule has 0 spiro atoms. The van der Waals surface area contributed by atoms with E-state index in [2.05, 4.69) is 34.1 Å². The molecule has 0 aliphatic carbocycles. The Labute approximate surface area is 93.7 Å². The molecule has 1 N–H and O–H groups in total. The van der Waals surface area contributed by atoms with E-state index < -0.39 is 0 Å². The molecule has 0 bridgehead atoms. The maximum Gasteiger partial charge on any atom is 0.0638 e. The van der Waals surface area contributed by atoms with Gasteiger partial charge in [0.2, 0.25) is 0 Å². The first-order chi connectivity index (χ1) is 7.25. The molecule has 0 unspecified atom stereocenters. The normalized spacial score (nSPS) is 10.8. The second-order valence-electron chi connectivity index (χ2n) is 3.60. The Hall–Kier alpha value is -1.13. The molecule has 0 saturated carbocycles. The summed E-state index contributed by atoms with van der Waals surface area (Å²) < 4.78 is 1.86. The fraction of sp³-hybridized carbons (Fsp3) is 0.364. The van der Waals surface area contributed by atoms with Gasteiger partial charge in [0.1, 0.15) is 0 Å². The van der Waals surface area contributed by atoms with Gasteiger partial charge < -0.3 is 5.32 Å². The number of nitrogens with zero attached hydrogens (tertiary/aromatic N) is 2. The van der Waals surface area contributed by atoms with Crippen LogP contribution in [0.4, 0.5) is 0 Å². The van der Waals surface area contributed by atoms with Gasteiger partial charge in [-0.1, -0.05) is 6.07 Å². The number of nitrogens with one attached hydrogen (secondary N) is 1. The Balaban J connectivity index is 1.86. The summed E-state index contributed by atoms with van der Waals surface area (Å²) in [6.45, 7) is 3.87. The lowest BCUT2D eigenvalue weighted by Crippen LogP contribution is -2.11. The van der Waals surface area contributed by atoms with Gasteiger partial charge in [0, 0.05) is 36.8 Å². The van der Waals surface area contributed by atoms with Gasteiger partial charge in [-0.3, -0.25) is 4.68 Å². The van der Waals surface area contributed by atoms with Crippen LogP contribution in [0, 0.1) is 6.92 Å². The van der Waals surface area contributed by atoms with Crippen molar-refractivity contribution in [2.75, 3.05) is 0 Å². The molecule has 0 aliphatic heterocycles. The molecule has 2 aromatic rings. The van der Waals surface area contributed by atoms with Crippen LogP contribution in [-0.4, -0.2) is 9.78 Å². The summed E-state index contributed by atoms with van der Waals surface area (Å²) >= 11 is 1.78. The Morgan fingerprint density at radius 1 is 1.47 bits per heavy atom. The molecule has 0 atom stereocenters. The van der Waals surface area contributed by atoms with Crippen LogP contribution < -0.4 is 5.32 Å². The summed E-state index contributed by atoms with van der Waals surface area (Å²) in [6.07, 6.45) is 2.07. The zero-order chi connectivity index (χ0) is 10.7. The van der Waals surface area contributed by atoms with Crippen molar-refractivity contribution in [3.05, 3.63) is 39.8 Å². The topological polar surface area (TPSA) is 29.9 Å². The molecule has 0 saturated heterocycles. The molecule has 2 aromatic heterocycles. The highest BCUT2D eigenvalue weighted by Gasteiger charge is 2.02. The minimum absolute atomic E-state index is 0.886. The van der Waals surface area contributed by atoms with Crippen molar-refractivity contribution in [2.45, 2.75) is 20.0 Å². The predicted molar refractivity (Wildman–Crippen MR) is 62.8 cm³/mol. The van der Waals surface area contributed by atoms with Gasteiger partial charge in [0.15, 0.2) is 0 Å². The molecule has 3 nitrogen and oxygen atoms in total.